The van der Waals surface area contributed by atoms with Crippen molar-refractivity contribution in [1.29, 1.82) is 0 Å². The van der Waals surface area contributed by atoms with E-state index in [0.717, 1.165) is 12.1 Å². The first-order chi connectivity index (χ1) is 9.52. The van der Waals surface area contributed by atoms with E-state index in [0.29, 0.717) is 0 Å². The quantitative estimate of drug-likeness (QED) is 0.870. The molecule has 5 nitrogen and oxygen atoms in total. The molecule has 0 saturated carbocycles. The van der Waals surface area contributed by atoms with Gasteiger partial charge in [0, 0.05) is 0 Å². The molecule has 0 atom stereocenters. The van der Waals surface area contributed by atoms with E-state index in [4.69, 9.17) is 4.42 Å². The number of hydrogen-bond acceptors (Lipinski definition) is 4. The van der Waals surface area contributed by atoms with E-state index in [2.05, 4.69) is 26.0 Å². The summed E-state index contributed by atoms with van der Waals surface area (Å²) >= 11 is 3.06. The van der Waals surface area contributed by atoms with Gasteiger partial charge in [-0.15, -0.1) is 0 Å². The molecule has 0 saturated heterocycles. The lowest BCUT2D eigenvalue weighted by Gasteiger charge is -2.09. The number of hydrogen-bond donors (Lipinski definition) is 1. The van der Waals surface area contributed by atoms with Gasteiger partial charge in [0.15, 0.2) is 4.67 Å². The molecular formula is C13H9BrFNO4. The zero-order valence-electron chi connectivity index (χ0n) is 10.3. The maximum atomic E-state index is 13.3. The summed E-state index contributed by atoms with van der Waals surface area (Å²) in [6.07, 6.45) is 1.33. The van der Waals surface area contributed by atoms with Gasteiger partial charge in [-0.25, -0.2) is 9.18 Å². The number of ether oxygens (including phenoxy) is 1. The second kappa shape index (κ2) is 5.87. The molecule has 1 heterocycles. The third kappa shape index (κ3) is 2.88. The molecule has 0 spiro atoms. The summed E-state index contributed by atoms with van der Waals surface area (Å²) in [7, 11) is 1.20. The second-order valence-electron chi connectivity index (χ2n) is 3.74. The van der Waals surface area contributed by atoms with Crippen LogP contribution in [0.5, 0.6) is 0 Å². The summed E-state index contributed by atoms with van der Waals surface area (Å²) in [5.74, 6) is -1.80. The fourth-order valence-corrected chi connectivity index (χ4v) is 1.97. The summed E-state index contributed by atoms with van der Waals surface area (Å²) in [6.45, 7) is 0. The minimum Gasteiger partial charge on any atom is -0.465 e. The van der Waals surface area contributed by atoms with Gasteiger partial charge in [-0.05, 0) is 40.2 Å². The van der Waals surface area contributed by atoms with E-state index < -0.39 is 17.7 Å². The monoisotopic (exact) mass is 341 g/mol. The fourth-order valence-electron chi connectivity index (χ4n) is 1.55. The van der Waals surface area contributed by atoms with E-state index >= 15 is 0 Å². The van der Waals surface area contributed by atoms with Crippen LogP contribution in [0.15, 0.2) is 39.6 Å². The molecule has 0 aliphatic carbocycles. The minimum atomic E-state index is -0.674. The number of halogens is 2. The number of esters is 1. The number of benzene rings is 1. The number of furan rings is 1. The summed E-state index contributed by atoms with van der Waals surface area (Å²) in [4.78, 5) is 23.6. The van der Waals surface area contributed by atoms with Gasteiger partial charge < -0.3 is 14.5 Å². The smallest absolute Gasteiger partial charge is 0.339 e. The van der Waals surface area contributed by atoms with E-state index in [1.165, 1.54) is 25.5 Å². The van der Waals surface area contributed by atoms with Crippen LogP contribution >= 0.6 is 15.9 Å². The van der Waals surface area contributed by atoms with Gasteiger partial charge in [0.25, 0.3) is 5.91 Å². The van der Waals surface area contributed by atoms with Gasteiger partial charge in [-0.2, -0.15) is 0 Å². The average Bonchev–Trinajstić information content (AvgIpc) is 2.84. The van der Waals surface area contributed by atoms with Crippen molar-refractivity contribution >= 4 is 33.5 Å². The molecule has 2 rings (SSSR count). The van der Waals surface area contributed by atoms with E-state index in [-0.39, 0.29) is 21.5 Å². The Morgan fingerprint density at radius 1 is 1.30 bits per heavy atom. The molecule has 1 aromatic carbocycles. The summed E-state index contributed by atoms with van der Waals surface area (Å²) in [6, 6.07) is 4.82. The molecule has 1 N–H and O–H groups in total. The van der Waals surface area contributed by atoms with Crippen LogP contribution in [0.25, 0.3) is 0 Å². The maximum Gasteiger partial charge on any atom is 0.339 e. The molecule has 1 aromatic heterocycles. The Morgan fingerprint density at radius 3 is 2.65 bits per heavy atom. The molecule has 0 aliphatic rings. The molecule has 0 fully saturated rings. The minimum absolute atomic E-state index is 0.0231. The molecule has 104 valence electrons. The van der Waals surface area contributed by atoms with Crippen molar-refractivity contribution in [3.8, 4) is 0 Å². The number of methoxy groups -OCH3 is 1. The van der Waals surface area contributed by atoms with Gasteiger partial charge in [-0.1, -0.05) is 0 Å². The van der Waals surface area contributed by atoms with Crippen LogP contribution in [0.3, 0.4) is 0 Å². The van der Waals surface area contributed by atoms with Crippen molar-refractivity contribution in [3.63, 3.8) is 0 Å². The van der Waals surface area contributed by atoms with E-state index in [1.807, 2.05) is 0 Å². The standard InChI is InChI=1S/C13H9BrFNO4/c1-19-13(18)8-3-2-7(15)6-10(8)16-12(17)9-4-5-20-11(9)14/h2-6H,1H3,(H,16,17). The van der Waals surface area contributed by atoms with Crippen molar-refractivity contribution in [2.45, 2.75) is 0 Å². The lowest BCUT2D eigenvalue weighted by atomic mass is 10.1. The SMILES string of the molecule is COC(=O)c1ccc(F)cc1NC(=O)c1ccoc1Br. The van der Waals surface area contributed by atoms with Gasteiger partial charge >= 0.3 is 5.97 Å². The van der Waals surface area contributed by atoms with Gasteiger partial charge in [0.05, 0.1) is 30.2 Å². The first kappa shape index (κ1) is 14.3. The van der Waals surface area contributed by atoms with Crippen LogP contribution in [0.1, 0.15) is 20.7 Å². The summed E-state index contributed by atoms with van der Waals surface area (Å²) in [5, 5.41) is 2.44. The van der Waals surface area contributed by atoms with Crippen LogP contribution < -0.4 is 5.32 Å². The first-order valence-corrected chi connectivity index (χ1v) is 6.24. The number of amides is 1. The molecule has 0 unspecified atom stereocenters. The lowest BCUT2D eigenvalue weighted by Crippen LogP contribution is -2.15. The number of anilines is 1. The Morgan fingerprint density at radius 2 is 2.05 bits per heavy atom. The fraction of sp³-hybridized carbons (Fsp3) is 0.0769. The van der Waals surface area contributed by atoms with Crippen LogP contribution in [-0.2, 0) is 4.74 Å². The highest BCUT2D eigenvalue weighted by Crippen LogP contribution is 2.22. The molecule has 2 aromatic rings. The summed E-state index contributed by atoms with van der Waals surface area (Å²) in [5.41, 5.74) is 0.307. The van der Waals surface area contributed by atoms with Gasteiger partial charge in [0.1, 0.15) is 5.82 Å². The third-order valence-corrected chi connectivity index (χ3v) is 3.11. The van der Waals surface area contributed by atoms with Gasteiger partial charge in [-0.3, -0.25) is 4.79 Å². The largest absolute Gasteiger partial charge is 0.465 e. The molecule has 20 heavy (non-hydrogen) atoms. The highest BCUT2D eigenvalue weighted by Gasteiger charge is 2.18. The molecule has 0 bridgehead atoms. The van der Waals surface area contributed by atoms with Crippen LogP contribution in [0.2, 0.25) is 0 Å². The average molecular weight is 342 g/mol. The number of carbonyl (C=O) groups is 2. The predicted molar refractivity (Wildman–Crippen MR) is 72.1 cm³/mol. The third-order valence-electron chi connectivity index (χ3n) is 2.50. The van der Waals surface area contributed by atoms with Crippen molar-refractivity contribution in [3.05, 3.63) is 52.1 Å². The normalized spacial score (nSPS) is 10.2. The molecule has 0 radical (unpaired) electrons. The highest BCUT2D eigenvalue weighted by molar-refractivity contribution is 9.10. The summed E-state index contributed by atoms with van der Waals surface area (Å²) < 4.78 is 23.0. The second-order valence-corrected chi connectivity index (χ2v) is 4.46. The first-order valence-electron chi connectivity index (χ1n) is 5.45. The Kier molecular flexibility index (Phi) is 4.19. The van der Waals surface area contributed by atoms with Crippen LogP contribution in [-0.4, -0.2) is 19.0 Å². The lowest BCUT2D eigenvalue weighted by molar-refractivity contribution is 0.0602. The Bertz CT molecular complexity index is 668. The van der Waals surface area contributed by atoms with Gasteiger partial charge in [0.2, 0.25) is 0 Å². The Balaban J connectivity index is 2.33. The molecule has 0 aliphatic heterocycles. The zero-order valence-corrected chi connectivity index (χ0v) is 11.9. The van der Waals surface area contributed by atoms with Crippen LogP contribution in [0.4, 0.5) is 10.1 Å². The highest BCUT2D eigenvalue weighted by atomic mass is 79.9. The topological polar surface area (TPSA) is 68.5 Å². The zero-order chi connectivity index (χ0) is 14.7. The van der Waals surface area contributed by atoms with Crippen molar-refractivity contribution in [2.24, 2.45) is 0 Å². The predicted octanol–water partition coefficient (Wildman–Crippen LogP) is 3.22. The molecular weight excluding hydrogens is 333 g/mol. The van der Waals surface area contributed by atoms with Crippen molar-refractivity contribution < 1.29 is 23.1 Å². The Labute approximate surface area is 121 Å². The maximum absolute atomic E-state index is 13.3. The van der Waals surface area contributed by atoms with Crippen molar-refractivity contribution in [1.82, 2.24) is 0 Å². The number of carbonyl (C=O) groups excluding carboxylic acids is 2. The van der Waals surface area contributed by atoms with Crippen molar-refractivity contribution in [2.75, 3.05) is 12.4 Å². The Hall–Kier alpha value is -2.15. The number of nitrogens with one attached hydrogen (secondary N) is 1. The number of rotatable bonds is 3. The van der Waals surface area contributed by atoms with E-state index in [9.17, 15) is 14.0 Å². The molecule has 1 amide bonds. The van der Waals surface area contributed by atoms with Crippen LogP contribution in [0, 0.1) is 5.82 Å². The van der Waals surface area contributed by atoms with E-state index in [1.54, 1.807) is 0 Å². The molecule has 7 heteroatoms.